The Morgan fingerprint density at radius 3 is 2.69 bits per heavy atom. The second-order valence-electron chi connectivity index (χ2n) is 8.48. The van der Waals surface area contributed by atoms with E-state index in [0.717, 1.165) is 29.2 Å². The van der Waals surface area contributed by atoms with Crippen LogP contribution in [0.15, 0.2) is 23.1 Å². The monoisotopic (exact) mass is 419 g/mol. The van der Waals surface area contributed by atoms with Crippen LogP contribution in [0, 0.1) is 5.92 Å². The van der Waals surface area contributed by atoms with Crippen LogP contribution in [0.1, 0.15) is 50.4 Å². The van der Waals surface area contributed by atoms with Crippen molar-refractivity contribution >= 4 is 35.4 Å². The second-order valence-corrected chi connectivity index (χ2v) is 9.61. The molecule has 0 bridgehead atoms. The molecule has 0 radical (unpaired) electrons. The zero-order valence-electron chi connectivity index (χ0n) is 17.2. The van der Waals surface area contributed by atoms with E-state index in [0.29, 0.717) is 37.5 Å². The normalized spacial score (nSPS) is 17.8. The van der Waals surface area contributed by atoms with Gasteiger partial charge in [0.1, 0.15) is 5.60 Å². The summed E-state index contributed by atoms with van der Waals surface area (Å²) in [4.78, 5) is 39.3. The Morgan fingerprint density at radius 1 is 1.28 bits per heavy atom. The molecule has 0 spiro atoms. The smallest absolute Gasteiger partial charge is 0.407 e. The van der Waals surface area contributed by atoms with Gasteiger partial charge in [0.05, 0.1) is 5.69 Å². The molecule has 7 nitrogen and oxygen atoms in total. The lowest BCUT2D eigenvalue weighted by Crippen LogP contribution is -2.42. The van der Waals surface area contributed by atoms with Gasteiger partial charge in [-0.15, -0.1) is 11.8 Å². The lowest BCUT2D eigenvalue weighted by Gasteiger charge is -2.32. The summed E-state index contributed by atoms with van der Waals surface area (Å²) >= 11 is 1.63. The van der Waals surface area contributed by atoms with E-state index in [1.807, 2.05) is 37.8 Å². The second kappa shape index (κ2) is 9.07. The first-order valence-electron chi connectivity index (χ1n) is 10.0. The van der Waals surface area contributed by atoms with Gasteiger partial charge >= 0.3 is 6.09 Å². The summed E-state index contributed by atoms with van der Waals surface area (Å²) in [6.45, 7) is 7.37. The van der Waals surface area contributed by atoms with Crippen LogP contribution >= 0.6 is 11.8 Å². The number of nitrogens with one attached hydrogen (secondary N) is 2. The number of rotatable bonds is 3. The van der Waals surface area contributed by atoms with Gasteiger partial charge in [0, 0.05) is 42.3 Å². The maximum atomic E-state index is 12.9. The molecule has 0 unspecified atom stereocenters. The zero-order valence-corrected chi connectivity index (χ0v) is 18.1. The van der Waals surface area contributed by atoms with E-state index < -0.39 is 11.7 Å². The maximum Gasteiger partial charge on any atom is 0.407 e. The van der Waals surface area contributed by atoms with Crippen molar-refractivity contribution in [2.24, 2.45) is 5.92 Å². The number of likely N-dealkylation sites (tertiary alicyclic amines) is 1. The van der Waals surface area contributed by atoms with Crippen molar-refractivity contribution in [2.75, 3.05) is 30.7 Å². The highest BCUT2D eigenvalue weighted by Crippen LogP contribution is 2.32. The van der Waals surface area contributed by atoms with Crippen molar-refractivity contribution in [3.05, 3.63) is 23.8 Å². The Hall–Kier alpha value is -2.22. The Bertz CT molecular complexity index is 783. The fraction of sp³-hybridized carbons (Fsp3) is 0.571. The Labute approximate surface area is 175 Å². The molecule has 1 saturated heterocycles. The molecule has 2 heterocycles. The summed E-state index contributed by atoms with van der Waals surface area (Å²) in [6.07, 6.45) is 1.74. The third-order valence-corrected chi connectivity index (χ3v) is 6.00. The Kier molecular flexibility index (Phi) is 6.72. The fourth-order valence-corrected chi connectivity index (χ4v) is 4.35. The summed E-state index contributed by atoms with van der Waals surface area (Å²) in [7, 11) is 0. The standard InChI is InChI=1S/C21H29N3O4S/c1-21(2,3)28-20(27)22-13-14-6-9-24(10-7-14)19(26)15-4-5-17-16(12-15)23-18(25)8-11-29-17/h4-5,12,14H,6-11,13H2,1-3H3,(H,22,27)(H,23,25). The first kappa shape index (κ1) is 21.5. The summed E-state index contributed by atoms with van der Waals surface area (Å²) in [5, 5.41) is 5.71. The molecular formula is C21H29N3O4S. The third kappa shape index (κ3) is 6.13. The van der Waals surface area contributed by atoms with Crippen molar-refractivity contribution < 1.29 is 19.1 Å². The molecule has 3 amide bonds. The van der Waals surface area contributed by atoms with Gasteiger partial charge in [-0.3, -0.25) is 9.59 Å². The molecule has 2 aliphatic heterocycles. The summed E-state index contributed by atoms with van der Waals surface area (Å²) in [5.74, 6) is 1.04. The summed E-state index contributed by atoms with van der Waals surface area (Å²) < 4.78 is 5.26. The molecule has 0 aliphatic carbocycles. The number of piperidine rings is 1. The van der Waals surface area contributed by atoms with E-state index in [4.69, 9.17) is 4.74 Å². The number of thioether (sulfide) groups is 1. The third-order valence-electron chi connectivity index (χ3n) is 4.92. The van der Waals surface area contributed by atoms with Gasteiger partial charge in [-0.05, 0) is 57.7 Å². The van der Waals surface area contributed by atoms with E-state index in [1.54, 1.807) is 17.8 Å². The van der Waals surface area contributed by atoms with Crippen LogP contribution in [0.5, 0.6) is 0 Å². The number of carbonyl (C=O) groups is 3. The van der Waals surface area contributed by atoms with Crippen LogP contribution in [-0.4, -0.2) is 53.8 Å². The molecule has 0 atom stereocenters. The van der Waals surface area contributed by atoms with Gasteiger partial charge in [-0.1, -0.05) is 0 Å². The number of hydrogen-bond donors (Lipinski definition) is 2. The average Bonchev–Trinajstić information content (AvgIpc) is 2.84. The van der Waals surface area contributed by atoms with Crippen LogP contribution in [0.4, 0.5) is 10.5 Å². The number of fused-ring (bicyclic) bond motifs is 1. The van der Waals surface area contributed by atoms with E-state index in [1.165, 1.54) is 0 Å². The van der Waals surface area contributed by atoms with Gasteiger partial charge in [0.2, 0.25) is 5.91 Å². The number of nitrogens with zero attached hydrogens (tertiary/aromatic N) is 1. The highest BCUT2D eigenvalue weighted by molar-refractivity contribution is 7.99. The van der Waals surface area contributed by atoms with E-state index in [2.05, 4.69) is 10.6 Å². The Balaban J connectivity index is 1.51. The van der Waals surface area contributed by atoms with E-state index in [9.17, 15) is 14.4 Å². The lowest BCUT2D eigenvalue weighted by atomic mass is 9.96. The average molecular weight is 420 g/mol. The number of amides is 3. The van der Waals surface area contributed by atoms with Crippen LogP contribution in [0.3, 0.4) is 0 Å². The minimum Gasteiger partial charge on any atom is -0.444 e. The first-order valence-corrected chi connectivity index (χ1v) is 11.0. The van der Waals surface area contributed by atoms with Crippen LogP contribution < -0.4 is 10.6 Å². The van der Waals surface area contributed by atoms with E-state index >= 15 is 0 Å². The largest absolute Gasteiger partial charge is 0.444 e. The minimum absolute atomic E-state index is 0.0147. The molecule has 1 aromatic rings. The van der Waals surface area contributed by atoms with Gasteiger partial charge < -0.3 is 20.3 Å². The van der Waals surface area contributed by atoms with Crippen molar-refractivity contribution in [3.8, 4) is 0 Å². The number of carbonyl (C=O) groups excluding carboxylic acids is 3. The predicted octanol–water partition coefficient (Wildman–Crippen LogP) is 3.50. The van der Waals surface area contributed by atoms with Crippen molar-refractivity contribution in [1.29, 1.82) is 0 Å². The van der Waals surface area contributed by atoms with Crippen LogP contribution in [0.25, 0.3) is 0 Å². The molecular weight excluding hydrogens is 390 g/mol. The molecule has 0 aromatic heterocycles. The van der Waals surface area contributed by atoms with Crippen molar-refractivity contribution in [3.63, 3.8) is 0 Å². The maximum absolute atomic E-state index is 12.9. The van der Waals surface area contributed by atoms with Crippen LogP contribution in [-0.2, 0) is 9.53 Å². The Morgan fingerprint density at radius 2 is 2.00 bits per heavy atom. The SMILES string of the molecule is CC(C)(C)OC(=O)NCC1CCN(C(=O)c2ccc3c(c2)NC(=O)CCS3)CC1. The summed E-state index contributed by atoms with van der Waals surface area (Å²) in [6, 6.07) is 5.53. The molecule has 158 valence electrons. The fourth-order valence-electron chi connectivity index (χ4n) is 3.42. The quantitative estimate of drug-likeness (QED) is 0.783. The molecule has 8 heteroatoms. The van der Waals surface area contributed by atoms with Crippen molar-refractivity contribution in [2.45, 2.75) is 50.5 Å². The molecule has 29 heavy (non-hydrogen) atoms. The predicted molar refractivity (Wildman–Crippen MR) is 113 cm³/mol. The minimum atomic E-state index is -0.508. The van der Waals surface area contributed by atoms with Gasteiger partial charge in [-0.25, -0.2) is 4.79 Å². The van der Waals surface area contributed by atoms with Crippen molar-refractivity contribution in [1.82, 2.24) is 10.2 Å². The highest BCUT2D eigenvalue weighted by Gasteiger charge is 2.25. The number of ether oxygens (including phenoxy) is 1. The number of benzene rings is 1. The number of anilines is 1. The first-order chi connectivity index (χ1) is 13.7. The lowest BCUT2D eigenvalue weighted by molar-refractivity contribution is -0.115. The molecule has 1 aromatic carbocycles. The molecule has 2 N–H and O–H groups in total. The topological polar surface area (TPSA) is 87.7 Å². The number of alkyl carbamates (subject to hydrolysis) is 1. The van der Waals surface area contributed by atoms with Crippen LogP contribution in [0.2, 0.25) is 0 Å². The van der Waals surface area contributed by atoms with Gasteiger partial charge in [0.25, 0.3) is 5.91 Å². The van der Waals surface area contributed by atoms with Gasteiger partial charge in [-0.2, -0.15) is 0 Å². The summed E-state index contributed by atoms with van der Waals surface area (Å²) in [5.41, 5.74) is 0.808. The number of hydrogen-bond acceptors (Lipinski definition) is 5. The highest BCUT2D eigenvalue weighted by atomic mass is 32.2. The molecule has 3 rings (SSSR count). The van der Waals surface area contributed by atoms with Gasteiger partial charge in [0.15, 0.2) is 0 Å². The molecule has 0 saturated carbocycles. The molecule has 1 fully saturated rings. The molecule has 2 aliphatic rings. The van der Waals surface area contributed by atoms with E-state index in [-0.39, 0.29) is 11.8 Å². The zero-order chi connectivity index (χ0) is 21.0.